The van der Waals surface area contributed by atoms with Crippen molar-refractivity contribution in [2.24, 2.45) is 5.73 Å². The molecular weight excluding hydrogens is 246 g/mol. The number of hydrogen-bond donors (Lipinski definition) is 4. The van der Waals surface area contributed by atoms with Gasteiger partial charge in [-0.2, -0.15) is 0 Å². The van der Waals surface area contributed by atoms with Crippen LogP contribution in [0, 0.1) is 0 Å². The highest BCUT2D eigenvalue weighted by molar-refractivity contribution is 5.86. The number of primary amides is 1. The van der Waals surface area contributed by atoms with E-state index in [1.54, 1.807) is 0 Å². The second-order valence-corrected chi connectivity index (χ2v) is 4.31. The number of nitrogens with one attached hydrogen (secondary N) is 2. The van der Waals surface area contributed by atoms with Gasteiger partial charge in [0.25, 0.3) is 0 Å². The number of rotatable bonds is 6. The van der Waals surface area contributed by atoms with Crippen molar-refractivity contribution in [1.29, 1.82) is 0 Å². The maximum Gasteiger partial charge on any atom is 0.312 e. The normalized spacial score (nSPS) is 13.4. The van der Waals surface area contributed by atoms with Gasteiger partial charge in [0, 0.05) is 0 Å². The Bertz CT molecular complexity index is 422. The van der Waals surface area contributed by atoms with Gasteiger partial charge in [-0.1, -0.05) is 30.3 Å². The third-order valence-corrected chi connectivity index (χ3v) is 2.64. The van der Waals surface area contributed by atoms with Gasteiger partial charge in [0.1, 0.15) is 6.04 Å². The van der Waals surface area contributed by atoms with Crippen LogP contribution in [-0.4, -0.2) is 35.7 Å². The van der Waals surface area contributed by atoms with Gasteiger partial charge in [0.2, 0.25) is 5.91 Å². The van der Waals surface area contributed by atoms with Crippen molar-refractivity contribution in [1.82, 2.24) is 10.6 Å². The molecule has 2 atom stereocenters. The van der Waals surface area contributed by atoms with Crippen LogP contribution in [0.3, 0.4) is 0 Å². The second kappa shape index (κ2) is 7.38. The standard InChI is InChI=1S/C13H19N3O3/c1-9(15-13(14)19)12(18)16-11(8-17)7-10-5-3-2-4-6-10/h2-6,9,11,17H,7-8H2,1H3,(H,16,18)(H3,14,15,19)/t9?,11-/m0/s1. The van der Waals surface area contributed by atoms with Crippen LogP contribution < -0.4 is 16.4 Å². The predicted molar refractivity (Wildman–Crippen MR) is 71.3 cm³/mol. The molecule has 0 radical (unpaired) electrons. The number of carbonyl (C=O) groups is 2. The first kappa shape index (κ1) is 15.0. The largest absolute Gasteiger partial charge is 0.394 e. The topological polar surface area (TPSA) is 104 Å². The SMILES string of the molecule is CC(NC(N)=O)C(=O)N[C@H](CO)Cc1ccccc1. The summed E-state index contributed by atoms with van der Waals surface area (Å²) >= 11 is 0. The molecule has 0 aliphatic rings. The van der Waals surface area contributed by atoms with Crippen molar-refractivity contribution >= 4 is 11.9 Å². The Hall–Kier alpha value is -2.08. The summed E-state index contributed by atoms with van der Waals surface area (Å²) in [5.41, 5.74) is 5.95. The fourth-order valence-electron chi connectivity index (χ4n) is 1.66. The molecule has 5 N–H and O–H groups in total. The third kappa shape index (κ3) is 5.39. The third-order valence-electron chi connectivity index (χ3n) is 2.64. The number of amides is 3. The van der Waals surface area contributed by atoms with E-state index in [1.165, 1.54) is 6.92 Å². The van der Waals surface area contributed by atoms with E-state index in [2.05, 4.69) is 10.6 Å². The van der Waals surface area contributed by atoms with Crippen LogP contribution in [0.25, 0.3) is 0 Å². The van der Waals surface area contributed by atoms with Gasteiger partial charge < -0.3 is 21.5 Å². The number of hydrogen-bond acceptors (Lipinski definition) is 3. The first-order valence-corrected chi connectivity index (χ1v) is 6.04. The molecule has 1 aromatic rings. The first-order chi connectivity index (χ1) is 9.02. The monoisotopic (exact) mass is 265 g/mol. The highest BCUT2D eigenvalue weighted by atomic mass is 16.3. The minimum atomic E-state index is -0.758. The quantitative estimate of drug-likeness (QED) is 0.570. The fraction of sp³-hybridized carbons (Fsp3) is 0.385. The molecule has 3 amide bonds. The summed E-state index contributed by atoms with van der Waals surface area (Å²) in [7, 11) is 0. The van der Waals surface area contributed by atoms with Gasteiger partial charge in [-0.3, -0.25) is 4.79 Å². The first-order valence-electron chi connectivity index (χ1n) is 6.04. The summed E-state index contributed by atoms with van der Waals surface area (Å²) in [5.74, 6) is -0.381. The van der Waals surface area contributed by atoms with Crippen molar-refractivity contribution in [2.75, 3.05) is 6.61 Å². The Kier molecular flexibility index (Phi) is 5.81. The maximum absolute atomic E-state index is 11.7. The lowest BCUT2D eigenvalue weighted by atomic mass is 10.1. The fourth-order valence-corrected chi connectivity index (χ4v) is 1.66. The van der Waals surface area contributed by atoms with Gasteiger partial charge in [0.15, 0.2) is 0 Å². The molecule has 0 aromatic heterocycles. The Morgan fingerprint density at radius 3 is 2.42 bits per heavy atom. The number of urea groups is 1. The van der Waals surface area contributed by atoms with Crippen LogP contribution in [0.15, 0.2) is 30.3 Å². The zero-order chi connectivity index (χ0) is 14.3. The summed E-state index contributed by atoms with van der Waals surface area (Å²) in [5, 5.41) is 14.2. The number of benzene rings is 1. The van der Waals surface area contributed by atoms with Crippen LogP contribution in [0.5, 0.6) is 0 Å². The lowest BCUT2D eigenvalue weighted by Gasteiger charge is -2.19. The highest BCUT2D eigenvalue weighted by Gasteiger charge is 2.18. The maximum atomic E-state index is 11.7. The number of aliphatic hydroxyl groups is 1. The second-order valence-electron chi connectivity index (χ2n) is 4.31. The zero-order valence-electron chi connectivity index (χ0n) is 10.8. The minimum absolute atomic E-state index is 0.177. The minimum Gasteiger partial charge on any atom is -0.394 e. The Morgan fingerprint density at radius 2 is 1.89 bits per heavy atom. The average Bonchev–Trinajstić information content (AvgIpc) is 2.38. The van der Waals surface area contributed by atoms with Crippen molar-refractivity contribution < 1.29 is 14.7 Å². The van der Waals surface area contributed by atoms with Crippen LogP contribution in [0.1, 0.15) is 12.5 Å². The lowest BCUT2D eigenvalue weighted by molar-refractivity contribution is -0.123. The van der Waals surface area contributed by atoms with Gasteiger partial charge in [0.05, 0.1) is 12.6 Å². The van der Waals surface area contributed by atoms with E-state index in [-0.39, 0.29) is 12.5 Å². The smallest absolute Gasteiger partial charge is 0.312 e. The van der Waals surface area contributed by atoms with Crippen molar-refractivity contribution in [3.05, 3.63) is 35.9 Å². The molecule has 0 aliphatic heterocycles. The van der Waals surface area contributed by atoms with E-state index in [9.17, 15) is 14.7 Å². The van der Waals surface area contributed by atoms with Crippen LogP contribution in [-0.2, 0) is 11.2 Å². The molecule has 1 unspecified atom stereocenters. The van der Waals surface area contributed by atoms with E-state index in [0.717, 1.165) is 5.56 Å². The summed E-state index contributed by atoms with van der Waals surface area (Å²) in [4.78, 5) is 22.4. The molecule has 0 saturated heterocycles. The Balaban J connectivity index is 2.52. The van der Waals surface area contributed by atoms with Crippen LogP contribution >= 0.6 is 0 Å². The molecule has 6 heteroatoms. The van der Waals surface area contributed by atoms with Gasteiger partial charge >= 0.3 is 6.03 Å². The molecule has 0 spiro atoms. The summed E-state index contributed by atoms with van der Waals surface area (Å²) in [6, 6.07) is 7.63. The van der Waals surface area contributed by atoms with Gasteiger partial charge in [-0.25, -0.2) is 4.79 Å². The highest BCUT2D eigenvalue weighted by Crippen LogP contribution is 2.03. The molecule has 0 heterocycles. The van der Waals surface area contributed by atoms with E-state index in [4.69, 9.17) is 5.73 Å². The molecule has 104 valence electrons. The molecule has 1 aromatic carbocycles. The van der Waals surface area contributed by atoms with Crippen LogP contribution in [0.4, 0.5) is 4.79 Å². The Labute approximate surface area is 112 Å². The van der Waals surface area contributed by atoms with Crippen molar-refractivity contribution in [3.63, 3.8) is 0 Å². The molecule has 0 saturated carbocycles. The molecular formula is C13H19N3O3. The average molecular weight is 265 g/mol. The molecule has 0 fully saturated rings. The predicted octanol–water partition coefficient (Wildman–Crippen LogP) is -0.237. The molecule has 6 nitrogen and oxygen atoms in total. The molecule has 0 aliphatic carbocycles. The van der Waals surface area contributed by atoms with E-state index < -0.39 is 18.1 Å². The van der Waals surface area contributed by atoms with Gasteiger partial charge in [-0.05, 0) is 18.9 Å². The van der Waals surface area contributed by atoms with Crippen LogP contribution in [0.2, 0.25) is 0 Å². The zero-order valence-corrected chi connectivity index (χ0v) is 10.8. The summed E-state index contributed by atoms with van der Waals surface area (Å²) in [6.07, 6.45) is 0.520. The number of carbonyl (C=O) groups excluding carboxylic acids is 2. The number of nitrogens with two attached hydrogens (primary N) is 1. The van der Waals surface area contributed by atoms with E-state index >= 15 is 0 Å². The van der Waals surface area contributed by atoms with E-state index in [0.29, 0.717) is 6.42 Å². The van der Waals surface area contributed by atoms with Crippen molar-refractivity contribution in [2.45, 2.75) is 25.4 Å². The summed E-state index contributed by atoms with van der Waals surface area (Å²) < 4.78 is 0. The molecule has 1 rings (SSSR count). The van der Waals surface area contributed by atoms with Crippen molar-refractivity contribution in [3.8, 4) is 0 Å². The summed E-state index contributed by atoms with van der Waals surface area (Å²) in [6.45, 7) is 1.35. The lowest BCUT2D eigenvalue weighted by Crippen LogP contribution is -2.50. The molecule has 19 heavy (non-hydrogen) atoms. The van der Waals surface area contributed by atoms with Gasteiger partial charge in [-0.15, -0.1) is 0 Å². The molecule has 0 bridgehead atoms. The van der Waals surface area contributed by atoms with E-state index in [1.807, 2.05) is 30.3 Å². The number of aliphatic hydroxyl groups excluding tert-OH is 1. The Morgan fingerprint density at radius 1 is 1.26 bits per heavy atom.